The van der Waals surface area contributed by atoms with Crippen molar-refractivity contribution in [1.82, 2.24) is 25.0 Å². The molecular weight excluding hydrogens is 446 g/mol. The number of aromatic nitrogens is 4. The smallest absolute Gasteiger partial charge is 0.325 e. The van der Waals surface area contributed by atoms with E-state index in [9.17, 15) is 14.4 Å². The molecule has 0 spiro atoms. The largest absolute Gasteiger partial charge is 0.364 e. The molecule has 1 aliphatic heterocycles. The zero-order valence-electron chi connectivity index (χ0n) is 18.9. The van der Waals surface area contributed by atoms with Gasteiger partial charge in [-0.2, -0.15) is 0 Å². The first-order valence-corrected chi connectivity index (χ1v) is 10.8. The molecule has 0 N–H and O–H groups in total. The molecule has 174 valence electrons. The van der Waals surface area contributed by atoms with Gasteiger partial charge in [-0.25, -0.2) is 4.79 Å². The Balaban J connectivity index is 0.000000201. The van der Waals surface area contributed by atoms with Crippen LogP contribution in [0.3, 0.4) is 0 Å². The fourth-order valence-electron chi connectivity index (χ4n) is 3.20. The van der Waals surface area contributed by atoms with Gasteiger partial charge in [0.1, 0.15) is 0 Å². The van der Waals surface area contributed by atoms with E-state index in [2.05, 4.69) is 19.9 Å². The van der Waals surface area contributed by atoms with E-state index in [1.54, 1.807) is 18.6 Å². The van der Waals surface area contributed by atoms with Crippen molar-refractivity contribution in [3.05, 3.63) is 96.6 Å². The van der Waals surface area contributed by atoms with Gasteiger partial charge in [-0.05, 0) is 61.0 Å². The highest BCUT2D eigenvalue weighted by atomic mass is 16.7. The SMILES string of the molecule is Cc1ccnc(-c2cc(C(=O)ON3C(=O)CCC3=O)ccn2)c1.c1ccc(-c2ccccn2)nc1. The second-order valence-electron chi connectivity index (χ2n) is 7.54. The Kier molecular flexibility index (Phi) is 7.27. The number of pyridine rings is 4. The van der Waals surface area contributed by atoms with Crippen LogP contribution < -0.4 is 0 Å². The lowest BCUT2D eigenvalue weighted by Crippen LogP contribution is -2.32. The van der Waals surface area contributed by atoms with Crippen LogP contribution in [0.25, 0.3) is 22.8 Å². The lowest BCUT2D eigenvalue weighted by atomic mass is 10.1. The highest BCUT2D eigenvalue weighted by molar-refractivity contribution is 6.02. The van der Waals surface area contributed by atoms with Crippen molar-refractivity contribution in [2.75, 3.05) is 0 Å². The van der Waals surface area contributed by atoms with Crippen molar-refractivity contribution < 1.29 is 19.2 Å². The number of carbonyl (C=O) groups excluding carboxylic acids is 3. The molecule has 1 aliphatic rings. The topological polar surface area (TPSA) is 115 Å². The quantitative estimate of drug-likeness (QED) is 0.416. The molecule has 9 nitrogen and oxygen atoms in total. The van der Waals surface area contributed by atoms with E-state index in [4.69, 9.17) is 4.84 Å². The van der Waals surface area contributed by atoms with Crippen LogP contribution in [0.2, 0.25) is 0 Å². The number of hydroxylamine groups is 2. The van der Waals surface area contributed by atoms with Crippen LogP contribution in [0.15, 0.2) is 85.5 Å². The summed E-state index contributed by atoms with van der Waals surface area (Å²) in [6.45, 7) is 1.92. The van der Waals surface area contributed by atoms with Gasteiger partial charge in [-0.3, -0.25) is 29.5 Å². The first kappa shape index (κ1) is 23.4. The monoisotopic (exact) mass is 467 g/mol. The minimum absolute atomic E-state index is 0.0565. The molecule has 0 saturated carbocycles. The molecule has 1 fully saturated rings. The molecule has 0 atom stereocenters. The maximum Gasteiger partial charge on any atom is 0.364 e. The Labute approximate surface area is 201 Å². The Morgan fingerprint density at radius 2 is 1.26 bits per heavy atom. The summed E-state index contributed by atoms with van der Waals surface area (Å²) < 4.78 is 0. The molecule has 4 aromatic rings. The van der Waals surface area contributed by atoms with E-state index in [1.807, 2.05) is 55.5 Å². The zero-order valence-corrected chi connectivity index (χ0v) is 18.9. The van der Waals surface area contributed by atoms with Gasteiger partial charge < -0.3 is 4.84 Å². The van der Waals surface area contributed by atoms with Crippen LogP contribution in [-0.2, 0) is 14.4 Å². The Morgan fingerprint density at radius 1 is 0.714 bits per heavy atom. The van der Waals surface area contributed by atoms with Crippen LogP contribution in [0.1, 0.15) is 28.8 Å². The van der Waals surface area contributed by atoms with Gasteiger partial charge in [0.25, 0.3) is 11.8 Å². The van der Waals surface area contributed by atoms with Crippen molar-refractivity contribution in [3.63, 3.8) is 0 Å². The molecule has 0 bridgehead atoms. The third-order valence-corrected chi connectivity index (χ3v) is 4.95. The molecule has 0 aliphatic carbocycles. The van der Waals surface area contributed by atoms with Gasteiger partial charge >= 0.3 is 5.97 Å². The lowest BCUT2D eigenvalue weighted by Gasteiger charge is -2.12. The van der Waals surface area contributed by atoms with E-state index < -0.39 is 17.8 Å². The van der Waals surface area contributed by atoms with Crippen molar-refractivity contribution in [2.45, 2.75) is 19.8 Å². The first-order valence-electron chi connectivity index (χ1n) is 10.8. The summed E-state index contributed by atoms with van der Waals surface area (Å²) in [7, 11) is 0. The predicted octanol–water partition coefficient (Wildman–Crippen LogP) is 3.82. The number of carbonyl (C=O) groups is 3. The van der Waals surface area contributed by atoms with Gasteiger partial charge in [0.2, 0.25) is 0 Å². The van der Waals surface area contributed by atoms with Crippen LogP contribution in [0, 0.1) is 6.92 Å². The predicted molar refractivity (Wildman–Crippen MR) is 126 cm³/mol. The van der Waals surface area contributed by atoms with E-state index in [-0.39, 0.29) is 18.4 Å². The molecule has 1 saturated heterocycles. The van der Waals surface area contributed by atoms with Crippen LogP contribution >= 0.6 is 0 Å². The van der Waals surface area contributed by atoms with E-state index in [0.717, 1.165) is 17.0 Å². The summed E-state index contributed by atoms with van der Waals surface area (Å²) in [6, 6.07) is 18.2. The van der Waals surface area contributed by atoms with Crippen molar-refractivity contribution in [2.24, 2.45) is 0 Å². The number of hydrogen-bond donors (Lipinski definition) is 0. The minimum atomic E-state index is -0.787. The minimum Gasteiger partial charge on any atom is -0.325 e. The summed E-state index contributed by atoms with van der Waals surface area (Å²) >= 11 is 0. The molecule has 0 radical (unpaired) electrons. The molecule has 0 unspecified atom stereocenters. The average Bonchev–Trinajstić information content (AvgIpc) is 3.22. The number of aryl methyl sites for hydroxylation is 1. The van der Waals surface area contributed by atoms with Gasteiger partial charge in [0.15, 0.2) is 0 Å². The van der Waals surface area contributed by atoms with Crippen LogP contribution in [0.4, 0.5) is 0 Å². The molecule has 5 heterocycles. The maximum atomic E-state index is 12.1. The lowest BCUT2D eigenvalue weighted by molar-refractivity contribution is -0.172. The van der Waals surface area contributed by atoms with Crippen molar-refractivity contribution in [1.29, 1.82) is 0 Å². The Hall–Kier alpha value is -4.79. The highest BCUT2D eigenvalue weighted by Gasteiger charge is 2.33. The highest BCUT2D eigenvalue weighted by Crippen LogP contribution is 2.19. The third-order valence-electron chi connectivity index (χ3n) is 4.95. The standard InChI is InChI=1S/C16H13N3O4.C10H8N2/c1-10-4-6-17-12(8-10)13-9-11(5-7-18-13)16(22)23-19-14(20)2-3-15(19)21;1-3-7-11-9(5-1)10-6-2-4-8-12-10/h4-9H,2-3H2,1H3;1-8H. The number of nitrogens with zero attached hydrogens (tertiary/aromatic N) is 5. The summed E-state index contributed by atoms with van der Waals surface area (Å²) in [6.07, 6.45) is 6.75. The maximum absolute atomic E-state index is 12.1. The van der Waals surface area contributed by atoms with Crippen molar-refractivity contribution in [3.8, 4) is 22.8 Å². The van der Waals surface area contributed by atoms with Gasteiger partial charge in [-0.1, -0.05) is 12.1 Å². The fourth-order valence-corrected chi connectivity index (χ4v) is 3.20. The first-order chi connectivity index (χ1) is 17.0. The number of imide groups is 1. The number of rotatable bonds is 4. The van der Waals surface area contributed by atoms with E-state index in [0.29, 0.717) is 16.5 Å². The third kappa shape index (κ3) is 5.97. The van der Waals surface area contributed by atoms with Gasteiger partial charge in [0.05, 0.1) is 28.3 Å². The molecule has 0 aromatic carbocycles. The fraction of sp³-hybridized carbons (Fsp3) is 0.115. The van der Waals surface area contributed by atoms with Crippen LogP contribution in [0.5, 0.6) is 0 Å². The number of hydrogen-bond acceptors (Lipinski definition) is 8. The second kappa shape index (κ2) is 10.9. The summed E-state index contributed by atoms with van der Waals surface area (Å²) in [5, 5.41) is 0.521. The summed E-state index contributed by atoms with van der Waals surface area (Å²) in [5.41, 5.74) is 4.15. The van der Waals surface area contributed by atoms with Gasteiger partial charge in [-0.15, -0.1) is 5.06 Å². The normalized spacial score (nSPS) is 12.7. The number of amides is 2. The Morgan fingerprint density at radius 3 is 1.80 bits per heavy atom. The average molecular weight is 467 g/mol. The molecular formula is C26H21N5O4. The summed E-state index contributed by atoms with van der Waals surface area (Å²) in [5.74, 6) is -1.82. The summed E-state index contributed by atoms with van der Waals surface area (Å²) in [4.78, 5) is 56.7. The van der Waals surface area contributed by atoms with E-state index in [1.165, 1.54) is 18.3 Å². The van der Waals surface area contributed by atoms with Crippen molar-refractivity contribution >= 4 is 17.8 Å². The molecule has 4 aromatic heterocycles. The molecule has 35 heavy (non-hydrogen) atoms. The second-order valence-corrected chi connectivity index (χ2v) is 7.54. The van der Waals surface area contributed by atoms with E-state index >= 15 is 0 Å². The van der Waals surface area contributed by atoms with Crippen LogP contribution in [-0.4, -0.2) is 42.8 Å². The Bertz CT molecular complexity index is 1290. The molecule has 2 amide bonds. The molecule has 5 rings (SSSR count). The zero-order chi connectivity index (χ0) is 24.6. The molecule has 9 heteroatoms. The van der Waals surface area contributed by atoms with Gasteiger partial charge in [0, 0.05) is 37.6 Å².